The van der Waals surface area contributed by atoms with Crippen LogP contribution < -0.4 is 0 Å². The first-order valence-corrected chi connectivity index (χ1v) is 33.7. The molecule has 0 N–H and O–H groups in total. The lowest BCUT2D eigenvalue weighted by Crippen LogP contribution is -1.89. The summed E-state index contributed by atoms with van der Waals surface area (Å²) in [4.78, 5) is 62.1. The predicted molar refractivity (Wildman–Crippen MR) is 420 cm³/mol. The first-order chi connectivity index (χ1) is 50.9. The van der Waals surface area contributed by atoms with Gasteiger partial charge in [-0.15, -0.1) is 0 Å². The van der Waals surface area contributed by atoms with Crippen LogP contribution in [0.2, 0.25) is 0 Å². The van der Waals surface area contributed by atoms with Gasteiger partial charge in [-0.3, -0.25) is 64.8 Å². The fourth-order valence-electron chi connectivity index (χ4n) is 10.0. The van der Waals surface area contributed by atoms with Gasteiger partial charge in [0.2, 0.25) is 0 Å². The molecule has 0 atom stereocenters. The molecule has 2 aromatic carbocycles. The van der Waals surface area contributed by atoms with E-state index in [1.807, 2.05) is 293 Å². The molecule has 0 fully saturated rings. The van der Waals surface area contributed by atoms with Crippen molar-refractivity contribution >= 4 is 0 Å². The molecule has 16 aromatic rings. The maximum atomic E-state index is 4.33. The molecule has 0 radical (unpaired) electrons. The Morgan fingerprint density at radius 2 is 0.510 bits per heavy atom. The molecule has 0 saturated carbocycles. The molecule has 16 rings (SSSR count). The number of pyridine rings is 13. The van der Waals surface area contributed by atoms with Crippen LogP contribution in [0.4, 0.5) is 0 Å². The van der Waals surface area contributed by atoms with Gasteiger partial charge in [-0.05, 0) is 239 Å². The third kappa shape index (κ3) is 25.6. The van der Waals surface area contributed by atoms with E-state index in [1.165, 1.54) is 38.9 Å². The van der Waals surface area contributed by atoms with E-state index in [0.717, 1.165) is 95.8 Å². The second-order valence-corrected chi connectivity index (χ2v) is 23.6. The topological polar surface area (TPSA) is 193 Å². The Labute approximate surface area is 610 Å². The molecule has 0 unspecified atom stereocenters. The lowest BCUT2D eigenvalue weighted by Gasteiger charge is -2.00. The lowest BCUT2D eigenvalue weighted by molar-refractivity contribution is 1.11. The first kappa shape index (κ1) is 74.7. The molecular weight excluding hydrogens is 1280 g/mol. The standard InChI is InChI=1S/C12H11N.7C11H10N2/c1-10-9-12(7-8-13-10)11-5-3-2-4-6-11;1-9-8-11(4-7-13-9)10-2-5-12-6-3-10;1-9-6-11(8-13-7-9)10-2-4-12-5-3-10;1-9-7-10(4-6-13-9)11-3-2-5-12-8-11;1-9-5-11(8-13-6-9)10-3-2-4-12-7-10;1-9-8-10(5-7-12-9)11-4-2-3-6-13-11;1-9-6-10(8-12-7-9)11-4-2-3-5-13-11;1-9-7-8-12-11(13-9)10-5-3-2-4-6-10/h2-9H,1H3;7*2-8H,1H3. The van der Waals surface area contributed by atoms with Crippen molar-refractivity contribution in [1.82, 2.24) is 74.8 Å². The Kier molecular flexibility index (Phi) is 29.5. The van der Waals surface area contributed by atoms with Gasteiger partial charge in [0.25, 0.3) is 0 Å². The maximum Gasteiger partial charge on any atom is 0.159 e. The quantitative estimate of drug-likeness (QED) is 0.139. The molecule has 0 aliphatic heterocycles. The van der Waals surface area contributed by atoms with Crippen molar-refractivity contribution in [3.8, 4) is 89.5 Å². The highest BCUT2D eigenvalue weighted by Gasteiger charge is 2.04. The second kappa shape index (κ2) is 41.1. The third-order valence-electron chi connectivity index (χ3n) is 15.1. The average molecular weight is 1360 g/mol. The van der Waals surface area contributed by atoms with Crippen LogP contribution in [-0.2, 0) is 0 Å². The number of aromatic nitrogens is 15. The van der Waals surface area contributed by atoms with Crippen LogP contribution in [0.1, 0.15) is 45.2 Å². The Bertz CT molecular complexity index is 4140. The van der Waals surface area contributed by atoms with E-state index in [0.29, 0.717) is 0 Å². The molecule has 104 heavy (non-hydrogen) atoms. The number of hydrogen-bond acceptors (Lipinski definition) is 15. The molecule has 0 spiro atoms. The van der Waals surface area contributed by atoms with E-state index in [2.05, 4.69) is 123 Å². The van der Waals surface area contributed by atoms with E-state index in [1.54, 1.807) is 62.0 Å². The molecule has 14 heterocycles. The molecule has 0 bridgehead atoms. The van der Waals surface area contributed by atoms with E-state index in [-0.39, 0.29) is 0 Å². The summed E-state index contributed by atoms with van der Waals surface area (Å²) >= 11 is 0. The van der Waals surface area contributed by atoms with Gasteiger partial charge in [-0.1, -0.05) is 84.9 Å². The monoisotopic (exact) mass is 1360 g/mol. The Morgan fingerprint density at radius 3 is 0.933 bits per heavy atom. The average Bonchev–Trinajstić information content (AvgIpc) is 0.964. The molecule has 512 valence electrons. The van der Waals surface area contributed by atoms with Crippen molar-refractivity contribution in [3.05, 3.63) is 394 Å². The number of rotatable bonds is 8. The summed E-state index contributed by atoms with van der Waals surface area (Å²) in [5.41, 5.74) is 25.5. The molecule has 14 aromatic heterocycles. The van der Waals surface area contributed by atoms with Crippen molar-refractivity contribution in [2.75, 3.05) is 0 Å². The van der Waals surface area contributed by atoms with Gasteiger partial charge >= 0.3 is 0 Å². The number of nitrogens with zero attached hydrogens (tertiary/aromatic N) is 15. The molecule has 0 aliphatic rings. The predicted octanol–water partition coefficient (Wildman–Crippen LogP) is 20.2. The highest BCUT2D eigenvalue weighted by Crippen LogP contribution is 2.23. The molecule has 15 nitrogen and oxygen atoms in total. The normalized spacial score (nSPS) is 9.92. The fourth-order valence-corrected chi connectivity index (χ4v) is 10.0. The first-order valence-electron chi connectivity index (χ1n) is 33.7. The summed E-state index contributed by atoms with van der Waals surface area (Å²) in [5.74, 6) is 0.792. The zero-order valence-electron chi connectivity index (χ0n) is 59.6. The van der Waals surface area contributed by atoms with Crippen molar-refractivity contribution in [3.63, 3.8) is 0 Å². The third-order valence-corrected chi connectivity index (χ3v) is 15.1. The Morgan fingerprint density at radius 1 is 0.173 bits per heavy atom. The van der Waals surface area contributed by atoms with Crippen LogP contribution in [0.15, 0.2) is 349 Å². The van der Waals surface area contributed by atoms with Gasteiger partial charge < -0.3 is 0 Å². The SMILES string of the molecule is Cc1cc(-c2ccccc2)ccn1.Cc1cc(-c2ccccn2)ccn1.Cc1cc(-c2cccnc2)ccn1.Cc1cc(-c2ccncc2)ccn1.Cc1ccnc(-c2ccccc2)n1.Cc1cncc(-c2ccccn2)c1.Cc1cncc(-c2cccnc2)c1.Cc1cncc(-c2ccncc2)c1. The number of benzene rings is 2. The van der Waals surface area contributed by atoms with Gasteiger partial charge in [0.1, 0.15) is 0 Å². The second-order valence-electron chi connectivity index (χ2n) is 23.6. The summed E-state index contributed by atoms with van der Waals surface area (Å²) in [6.07, 6.45) is 38.2. The van der Waals surface area contributed by atoms with Crippen LogP contribution in [0.25, 0.3) is 89.5 Å². The van der Waals surface area contributed by atoms with Crippen LogP contribution in [-0.4, -0.2) is 74.8 Å². The maximum absolute atomic E-state index is 4.33. The minimum absolute atomic E-state index is 0.792. The zero-order valence-corrected chi connectivity index (χ0v) is 59.6. The van der Waals surface area contributed by atoms with Crippen LogP contribution in [0.5, 0.6) is 0 Å². The van der Waals surface area contributed by atoms with Crippen molar-refractivity contribution < 1.29 is 0 Å². The van der Waals surface area contributed by atoms with E-state index in [9.17, 15) is 0 Å². The molecule has 0 amide bonds. The zero-order chi connectivity index (χ0) is 72.8. The van der Waals surface area contributed by atoms with Gasteiger partial charge in [-0.25, -0.2) is 9.97 Å². The number of hydrogen-bond donors (Lipinski definition) is 0. The minimum Gasteiger partial charge on any atom is -0.265 e. The Hall–Kier alpha value is -13.5. The van der Waals surface area contributed by atoms with Gasteiger partial charge in [0.15, 0.2) is 5.82 Å². The summed E-state index contributed by atoms with van der Waals surface area (Å²) < 4.78 is 0. The highest BCUT2D eigenvalue weighted by molar-refractivity contribution is 5.66. The van der Waals surface area contributed by atoms with Gasteiger partial charge in [-0.2, -0.15) is 0 Å². The van der Waals surface area contributed by atoms with Gasteiger partial charge in [0.05, 0.1) is 11.4 Å². The van der Waals surface area contributed by atoms with Crippen molar-refractivity contribution in [2.45, 2.75) is 55.4 Å². The van der Waals surface area contributed by atoms with E-state index < -0.39 is 0 Å². The molecule has 0 saturated heterocycles. The largest absolute Gasteiger partial charge is 0.265 e. The van der Waals surface area contributed by atoms with Crippen molar-refractivity contribution in [2.24, 2.45) is 0 Å². The molecular formula is C89H81N15. The fraction of sp³-hybridized carbons (Fsp3) is 0.0899. The summed E-state index contributed by atoms with van der Waals surface area (Å²) in [6.45, 7) is 16.0. The summed E-state index contributed by atoms with van der Waals surface area (Å²) in [7, 11) is 0. The van der Waals surface area contributed by atoms with E-state index in [4.69, 9.17) is 0 Å². The van der Waals surface area contributed by atoms with Crippen LogP contribution >= 0.6 is 0 Å². The van der Waals surface area contributed by atoms with E-state index >= 15 is 0 Å². The summed E-state index contributed by atoms with van der Waals surface area (Å²) in [6, 6.07) is 72.4. The summed E-state index contributed by atoms with van der Waals surface area (Å²) in [5, 5.41) is 0. The minimum atomic E-state index is 0.792. The Balaban J connectivity index is 0.000000138. The van der Waals surface area contributed by atoms with Gasteiger partial charge in [0, 0.05) is 198 Å². The smallest absolute Gasteiger partial charge is 0.159 e. The van der Waals surface area contributed by atoms with Crippen LogP contribution in [0.3, 0.4) is 0 Å². The molecule has 0 aliphatic carbocycles. The van der Waals surface area contributed by atoms with Crippen LogP contribution in [0, 0.1) is 55.4 Å². The number of aryl methyl sites for hydroxylation is 8. The van der Waals surface area contributed by atoms with Crippen molar-refractivity contribution in [1.29, 1.82) is 0 Å². The molecule has 15 heteroatoms. The lowest BCUT2D eigenvalue weighted by atomic mass is 10.1. The highest BCUT2D eigenvalue weighted by atomic mass is 14.9.